The number of carbonyl (C=O) groups excluding carboxylic acids is 1. The second kappa shape index (κ2) is 5.41. The fourth-order valence-electron chi connectivity index (χ4n) is 1.15. The van der Waals surface area contributed by atoms with Gasteiger partial charge in [0.1, 0.15) is 0 Å². The molecule has 0 radical (unpaired) electrons. The lowest BCUT2D eigenvalue weighted by atomic mass is 10.2. The van der Waals surface area contributed by atoms with Crippen molar-refractivity contribution in [3.8, 4) is 11.8 Å². The quantitative estimate of drug-likeness (QED) is 0.669. The highest BCUT2D eigenvalue weighted by Gasteiger charge is 2.17. The second-order valence-corrected chi connectivity index (χ2v) is 3.43. The fraction of sp³-hybridized carbons (Fsp3) is 0.500. The molecule has 0 aromatic carbocycles. The fourth-order valence-corrected chi connectivity index (χ4v) is 1.15. The Morgan fingerprint density at radius 1 is 1.38 bits per heavy atom. The number of ketones is 1. The van der Waals surface area contributed by atoms with Crippen LogP contribution in [0.3, 0.4) is 0 Å². The number of nitrogens with zero attached hydrogens (tertiary/aromatic N) is 3. The number of rotatable bonds is 5. The van der Waals surface area contributed by atoms with Crippen LogP contribution in [-0.4, -0.2) is 55.5 Å². The van der Waals surface area contributed by atoms with Crippen LogP contribution < -0.4 is 9.47 Å². The van der Waals surface area contributed by atoms with Crippen molar-refractivity contribution < 1.29 is 14.3 Å². The lowest BCUT2D eigenvalue weighted by Crippen LogP contribution is -2.23. The molecule has 1 heterocycles. The van der Waals surface area contributed by atoms with Gasteiger partial charge in [0.15, 0.2) is 5.69 Å². The summed E-state index contributed by atoms with van der Waals surface area (Å²) in [6.45, 7) is 0.261. The Labute approximate surface area is 94.2 Å². The highest BCUT2D eigenvalue weighted by molar-refractivity contribution is 5.97. The molecular weight excluding hydrogens is 210 g/mol. The maximum atomic E-state index is 11.8. The van der Waals surface area contributed by atoms with Crippen LogP contribution in [0.15, 0.2) is 6.20 Å². The molecule has 6 heteroatoms. The first-order valence-electron chi connectivity index (χ1n) is 4.71. The van der Waals surface area contributed by atoms with Gasteiger partial charge in [-0.25, -0.2) is 4.98 Å². The maximum Gasteiger partial charge on any atom is 0.246 e. The van der Waals surface area contributed by atoms with Crippen LogP contribution in [0.25, 0.3) is 0 Å². The van der Waals surface area contributed by atoms with Crippen molar-refractivity contribution in [2.75, 3.05) is 34.9 Å². The van der Waals surface area contributed by atoms with Gasteiger partial charge in [0.05, 0.1) is 27.0 Å². The standard InChI is InChI=1S/C10H15N3O3/c1-13(2)6-7(14)9-10(16-4)12-8(15-3)5-11-9/h5H,6H2,1-4H3. The zero-order chi connectivity index (χ0) is 12.1. The van der Waals surface area contributed by atoms with Crippen LogP contribution in [0.1, 0.15) is 10.5 Å². The molecule has 0 amide bonds. The number of hydrogen-bond acceptors (Lipinski definition) is 6. The molecular formula is C10H15N3O3. The van der Waals surface area contributed by atoms with Crippen molar-refractivity contribution in [2.45, 2.75) is 0 Å². The zero-order valence-corrected chi connectivity index (χ0v) is 9.85. The van der Waals surface area contributed by atoms with Gasteiger partial charge in [-0.1, -0.05) is 0 Å². The molecule has 0 saturated heterocycles. The molecule has 0 saturated carbocycles. The minimum absolute atomic E-state index is 0.142. The normalized spacial score (nSPS) is 10.3. The van der Waals surface area contributed by atoms with E-state index in [2.05, 4.69) is 9.97 Å². The van der Waals surface area contributed by atoms with E-state index in [-0.39, 0.29) is 23.9 Å². The van der Waals surface area contributed by atoms with E-state index in [4.69, 9.17) is 9.47 Å². The highest BCUT2D eigenvalue weighted by atomic mass is 16.5. The van der Waals surface area contributed by atoms with Gasteiger partial charge in [-0.05, 0) is 14.1 Å². The van der Waals surface area contributed by atoms with Gasteiger partial charge in [-0.15, -0.1) is 0 Å². The first-order chi connectivity index (χ1) is 7.58. The Balaban J connectivity index is 2.99. The molecule has 16 heavy (non-hydrogen) atoms. The average molecular weight is 225 g/mol. The van der Waals surface area contributed by atoms with E-state index in [1.54, 1.807) is 19.0 Å². The Kier molecular flexibility index (Phi) is 4.19. The summed E-state index contributed by atoms with van der Waals surface area (Å²) < 4.78 is 9.89. The summed E-state index contributed by atoms with van der Waals surface area (Å²) in [6.07, 6.45) is 1.39. The minimum atomic E-state index is -0.142. The molecule has 1 aromatic rings. The Morgan fingerprint density at radius 3 is 2.56 bits per heavy atom. The first-order valence-corrected chi connectivity index (χ1v) is 4.71. The predicted octanol–water partition coefficient (Wildman–Crippen LogP) is 0.238. The predicted molar refractivity (Wildman–Crippen MR) is 58.0 cm³/mol. The molecule has 0 N–H and O–H groups in total. The van der Waals surface area contributed by atoms with E-state index in [0.29, 0.717) is 5.88 Å². The van der Waals surface area contributed by atoms with E-state index in [9.17, 15) is 4.79 Å². The Morgan fingerprint density at radius 2 is 2.06 bits per heavy atom. The smallest absolute Gasteiger partial charge is 0.246 e. The number of Topliss-reactive ketones (excluding diaryl/α,β-unsaturated/α-hetero) is 1. The van der Waals surface area contributed by atoms with E-state index < -0.39 is 0 Å². The molecule has 1 aromatic heterocycles. The van der Waals surface area contributed by atoms with Crippen LogP contribution >= 0.6 is 0 Å². The third-order valence-corrected chi connectivity index (χ3v) is 1.84. The van der Waals surface area contributed by atoms with Gasteiger partial charge in [0.25, 0.3) is 0 Å². The summed E-state index contributed by atoms with van der Waals surface area (Å²) in [6, 6.07) is 0. The Bertz CT molecular complexity index is 380. The van der Waals surface area contributed by atoms with Crippen LogP contribution in [0.2, 0.25) is 0 Å². The lowest BCUT2D eigenvalue weighted by molar-refractivity contribution is 0.0948. The van der Waals surface area contributed by atoms with E-state index in [1.807, 2.05) is 0 Å². The molecule has 0 aliphatic carbocycles. The van der Waals surface area contributed by atoms with Crippen LogP contribution in [0.5, 0.6) is 11.8 Å². The number of carbonyl (C=O) groups is 1. The molecule has 0 aliphatic rings. The SMILES string of the molecule is COc1cnc(C(=O)CN(C)C)c(OC)n1. The van der Waals surface area contributed by atoms with Gasteiger partial charge in [-0.3, -0.25) is 4.79 Å². The lowest BCUT2D eigenvalue weighted by Gasteiger charge is -2.10. The van der Waals surface area contributed by atoms with Crippen LogP contribution in [0, 0.1) is 0 Å². The topological polar surface area (TPSA) is 64.5 Å². The van der Waals surface area contributed by atoms with Crippen molar-refractivity contribution in [2.24, 2.45) is 0 Å². The summed E-state index contributed by atoms with van der Waals surface area (Å²) >= 11 is 0. The number of ether oxygens (including phenoxy) is 2. The monoisotopic (exact) mass is 225 g/mol. The van der Waals surface area contributed by atoms with Gasteiger partial charge < -0.3 is 14.4 Å². The van der Waals surface area contributed by atoms with Crippen molar-refractivity contribution in [3.63, 3.8) is 0 Å². The number of hydrogen-bond donors (Lipinski definition) is 0. The molecule has 0 spiro atoms. The van der Waals surface area contributed by atoms with Crippen molar-refractivity contribution in [1.29, 1.82) is 0 Å². The summed E-state index contributed by atoms with van der Waals surface area (Å²) in [5, 5.41) is 0. The summed E-state index contributed by atoms with van der Waals surface area (Å²) in [4.78, 5) is 21.5. The van der Waals surface area contributed by atoms with Crippen molar-refractivity contribution in [1.82, 2.24) is 14.9 Å². The van der Waals surface area contributed by atoms with E-state index >= 15 is 0 Å². The maximum absolute atomic E-state index is 11.8. The molecule has 0 bridgehead atoms. The summed E-state index contributed by atoms with van der Waals surface area (Å²) in [7, 11) is 6.53. The molecule has 0 aliphatic heterocycles. The number of likely N-dealkylation sites (N-methyl/N-ethyl adjacent to an activating group) is 1. The van der Waals surface area contributed by atoms with E-state index in [1.165, 1.54) is 20.4 Å². The van der Waals surface area contributed by atoms with Crippen molar-refractivity contribution in [3.05, 3.63) is 11.9 Å². The van der Waals surface area contributed by atoms with Gasteiger partial charge in [0.2, 0.25) is 17.5 Å². The molecule has 0 unspecified atom stereocenters. The first kappa shape index (κ1) is 12.4. The van der Waals surface area contributed by atoms with E-state index in [0.717, 1.165) is 0 Å². The largest absolute Gasteiger partial charge is 0.480 e. The van der Waals surface area contributed by atoms with Crippen molar-refractivity contribution >= 4 is 5.78 Å². The molecule has 0 atom stereocenters. The molecule has 1 rings (SSSR count). The minimum Gasteiger partial charge on any atom is -0.480 e. The second-order valence-electron chi connectivity index (χ2n) is 3.43. The third-order valence-electron chi connectivity index (χ3n) is 1.84. The number of methoxy groups -OCH3 is 2. The number of aromatic nitrogens is 2. The van der Waals surface area contributed by atoms with Gasteiger partial charge in [-0.2, -0.15) is 4.98 Å². The van der Waals surface area contributed by atoms with Crippen LogP contribution in [0.4, 0.5) is 0 Å². The zero-order valence-electron chi connectivity index (χ0n) is 9.85. The molecule has 88 valence electrons. The van der Waals surface area contributed by atoms with Gasteiger partial charge >= 0.3 is 0 Å². The average Bonchev–Trinajstić information content (AvgIpc) is 2.27. The highest BCUT2D eigenvalue weighted by Crippen LogP contribution is 2.17. The summed E-state index contributed by atoms with van der Waals surface area (Å²) in [5.74, 6) is 0.362. The Hall–Kier alpha value is -1.69. The molecule has 0 fully saturated rings. The van der Waals surface area contributed by atoms with Gasteiger partial charge in [0, 0.05) is 0 Å². The summed E-state index contributed by atoms with van der Waals surface area (Å²) in [5.41, 5.74) is 0.219. The van der Waals surface area contributed by atoms with Crippen LogP contribution in [-0.2, 0) is 0 Å². The third kappa shape index (κ3) is 2.90. The molecule has 6 nitrogen and oxygen atoms in total.